The van der Waals surface area contributed by atoms with E-state index in [1.165, 1.54) is 9.69 Å². The smallest absolute Gasteiger partial charge is 0.320 e. The molecule has 3 heterocycles. The van der Waals surface area contributed by atoms with Gasteiger partial charge in [-0.2, -0.15) is 4.31 Å². The van der Waals surface area contributed by atoms with E-state index < -0.39 is 21.8 Å². The predicted molar refractivity (Wildman–Crippen MR) is 133 cm³/mol. The Morgan fingerprint density at radius 1 is 1.29 bits per heavy atom. The van der Waals surface area contributed by atoms with Crippen molar-refractivity contribution in [3.63, 3.8) is 0 Å². The summed E-state index contributed by atoms with van der Waals surface area (Å²) in [4.78, 5) is 0.213. The summed E-state index contributed by atoms with van der Waals surface area (Å²) < 4.78 is 37.4. The molecule has 0 aromatic carbocycles. The van der Waals surface area contributed by atoms with Gasteiger partial charge in [0.05, 0.1) is 12.0 Å². The molecule has 0 bridgehead atoms. The first-order valence-electron chi connectivity index (χ1n) is 11.3. The zero-order valence-electron chi connectivity index (χ0n) is 20.9. The van der Waals surface area contributed by atoms with Crippen molar-refractivity contribution in [3.8, 4) is 5.75 Å². The van der Waals surface area contributed by atoms with Gasteiger partial charge in [0, 0.05) is 23.9 Å². The highest BCUT2D eigenvalue weighted by Crippen LogP contribution is 2.42. The number of thiophene rings is 1. The molecule has 3 N–H and O–H groups in total. The van der Waals surface area contributed by atoms with Crippen LogP contribution in [-0.4, -0.2) is 36.1 Å². The van der Waals surface area contributed by atoms with Crippen molar-refractivity contribution in [1.29, 1.82) is 0 Å². The third kappa shape index (κ3) is 5.41. The van der Waals surface area contributed by atoms with Crippen molar-refractivity contribution in [1.82, 2.24) is 9.46 Å². The molecular formula is C22H33N5O6S2. The first-order chi connectivity index (χ1) is 16.3. The molecule has 0 saturated heterocycles. The summed E-state index contributed by atoms with van der Waals surface area (Å²) in [5, 5.41) is 34.3. The number of sulfonamides is 1. The van der Waals surface area contributed by atoms with Crippen molar-refractivity contribution >= 4 is 38.7 Å². The summed E-state index contributed by atoms with van der Waals surface area (Å²) in [6.45, 7) is 14.1. The zero-order valence-corrected chi connectivity index (χ0v) is 22.6. The van der Waals surface area contributed by atoms with Crippen LogP contribution >= 0.6 is 11.3 Å². The first kappa shape index (κ1) is 26.8. The lowest BCUT2D eigenvalue weighted by molar-refractivity contribution is -0.791. The molecule has 0 saturated carbocycles. The molecule has 0 aliphatic rings. The van der Waals surface area contributed by atoms with E-state index in [0.29, 0.717) is 5.76 Å². The van der Waals surface area contributed by atoms with Crippen LogP contribution in [0.25, 0.3) is 0 Å². The first-order valence-corrected chi connectivity index (χ1v) is 13.6. The third-order valence-corrected chi connectivity index (χ3v) is 9.16. The highest BCUT2D eigenvalue weighted by molar-refractivity contribution is 7.91. The van der Waals surface area contributed by atoms with Crippen LogP contribution in [0.15, 0.2) is 31.0 Å². The molecule has 0 aliphatic carbocycles. The zero-order chi connectivity index (χ0) is 26.1. The van der Waals surface area contributed by atoms with Gasteiger partial charge in [0.1, 0.15) is 11.8 Å². The SMILES string of the molecule is CCN(CC)S(=O)(=O)c1scc(Nc2no[n+]([O-])c2N[C@@H](c2cc(C(C)C)co2)C(C)(C)C)c1O. The maximum Gasteiger partial charge on any atom is 0.320 e. The summed E-state index contributed by atoms with van der Waals surface area (Å²) in [7, 11) is -3.86. The molecule has 194 valence electrons. The van der Waals surface area contributed by atoms with Crippen LogP contribution in [0.4, 0.5) is 17.3 Å². The van der Waals surface area contributed by atoms with Gasteiger partial charge in [-0.15, -0.1) is 11.3 Å². The average Bonchev–Trinajstić information content (AvgIpc) is 3.47. The van der Waals surface area contributed by atoms with Gasteiger partial charge in [-0.3, -0.25) is 5.32 Å². The fraction of sp³-hybridized carbons (Fsp3) is 0.545. The number of aromatic hydroxyl groups is 1. The van der Waals surface area contributed by atoms with E-state index in [-0.39, 0.29) is 50.9 Å². The summed E-state index contributed by atoms with van der Waals surface area (Å²) in [5.74, 6) is 0.414. The quantitative estimate of drug-likeness (QED) is 0.317. The molecular weight excluding hydrogens is 494 g/mol. The largest absolute Gasteiger partial charge is 0.504 e. The number of rotatable bonds is 10. The predicted octanol–water partition coefficient (Wildman–Crippen LogP) is 4.76. The molecule has 0 amide bonds. The molecule has 13 heteroatoms. The fourth-order valence-corrected chi connectivity index (χ4v) is 6.37. The van der Waals surface area contributed by atoms with Gasteiger partial charge in [0.15, 0.2) is 9.96 Å². The van der Waals surface area contributed by atoms with E-state index in [0.717, 1.165) is 16.9 Å². The Bertz CT molecular complexity index is 1250. The summed E-state index contributed by atoms with van der Waals surface area (Å²) >= 11 is 0.874. The molecule has 1 atom stereocenters. The maximum absolute atomic E-state index is 12.9. The lowest BCUT2D eigenvalue weighted by Crippen LogP contribution is -2.33. The van der Waals surface area contributed by atoms with E-state index in [1.54, 1.807) is 20.1 Å². The van der Waals surface area contributed by atoms with Crippen molar-refractivity contribution in [3.05, 3.63) is 34.2 Å². The monoisotopic (exact) mass is 527 g/mol. The fourth-order valence-electron chi connectivity index (χ4n) is 3.54. The second kappa shape index (κ2) is 10.1. The van der Waals surface area contributed by atoms with E-state index in [4.69, 9.17) is 9.05 Å². The number of nitrogens with one attached hydrogen (secondary N) is 2. The maximum atomic E-state index is 12.9. The molecule has 3 rings (SSSR count). The Kier molecular flexibility index (Phi) is 7.72. The van der Waals surface area contributed by atoms with Crippen LogP contribution < -0.4 is 15.5 Å². The lowest BCUT2D eigenvalue weighted by Gasteiger charge is -2.27. The van der Waals surface area contributed by atoms with Crippen LogP contribution in [0, 0.1) is 10.6 Å². The van der Waals surface area contributed by atoms with E-state index >= 15 is 0 Å². The molecule has 0 unspecified atom stereocenters. The summed E-state index contributed by atoms with van der Waals surface area (Å²) in [6.07, 6.45) is 1.69. The van der Waals surface area contributed by atoms with Gasteiger partial charge in [0.25, 0.3) is 10.0 Å². The minimum Gasteiger partial charge on any atom is -0.504 e. The Hall–Kier alpha value is -2.77. The third-order valence-electron chi connectivity index (χ3n) is 5.62. The van der Waals surface area contributed by atoms with Gasteiger partial charge in [-0.05, 0) is 22.7 Å². The molecule has 0 fully saturated rings. The van der Waals surface area contributed by atoms with E-state index in [2.05, 4.69) is 29.6 Å². The number of furan rings is 1. The number of nitrogens with zero attached hydrogens (tertiary/aromatic N) is 3. The summed E-state index contributed by atoms with van der Waals surface area (Å²) in [6, 6.07) is 1.52. The second-order valence-corrected chi connectivity index (χ2v) is 12.5. The van der Waals surface area contributed by atoms with Gasteiger partial charge < -0.3 is 24.7 Å². The molecule has 0 radical (unpaired) electrons. The van der Waals surface area contributed by atoms with Crippen LogP contribution in [0.2, 0.25) is 0 Å². The summed E-state index contributed by atoms with van der Waals surface area (Å²) in [5.41, 5.74) is 0.744. The molecule has 0 spiro atoms. The van der Waals surface area contributed by atoms with Crippen LogP contribution in [-0.2, 0) is 10.0 Å². The van der Waals surface area contributed by atoms with E-state index in [1.807, 2.05) is 26.8 Å². The molecule has 3 aromatic heterocycles. The number of aromatic nitrogens is 2. The van der Waals surface area contributed by atoms with Crippen LogP contribution in [0.3, 0.4) is 0 Å². The Labute approximate surface area is 209 Å². The Morgan fingerprint density at radius 3 is 2.49 bits per heavy atom. The number of hydrogen-bond donors (Lipinski definition) is 3. The minimum absolute atomic E-state index is 0.00947. The van der Waals surface area contributed by atoms with Crippen LogP contribution in [0.1, 0.15) is 71.7 Å². The van der Waals surface area contributed by atoms with Crippen molar-refractivity contribution < 1.29 is 27.5 Å². The van der Waals surface area contributed by atoms with Crippen molar-refractivity contribution in [2.24, 2.45) is 5.41 Å². The highest BCUT2D eigenvalue weighted by atomic mass is 32.2. The van der Waals surface area contributed by atoms with Crippen molar-refractivity contribution in [2.45, 2.75) is 64.6 Å². The standard InChI is InChI=1S/C22H33N5O6S2/c1-8-26(9-2)35(30,31)21-17(28)15(12-34-21)23-19-20(27(29)33-25-19)24-18(22(5,6)7)16-10-14(11-32-16)13(3)4/h10-13,18,24,28H,8-9H2,1-7H3,(H,23,25)/t18-/m0/s1. The van der Waals surface area contributed by atoms with Gasteiger partial charge in [-0.25, -0.2) is 8.42 Å². The van der Waals surface area contributed by atoms with Gasteiger partial charge >= 0.3 is 11.6 Å². The lowest BCUT2D eigenvalue weighted by atomic mass is 9.85. The molecule has 35 heavy (non-hydrogen) atoms. The molecule has 3 aromatic rings. The Balaban J connectivity index is 1.93. The van der Waals surface area contributed by atoms with Crippen molar-refractivity contribution in [2.75, 3.05) is 23.7 Å². The van der Waals surface area contributed by atoms with Gasteiger partial charge in [-0.1, -0.05) is 53.4 Å². The topological polar surface area (TPSA) is 148 Å². The number of hydrogen-bond acceptors (Lipinski definition) is 10. The average molecular weight is 528 g/mol. The number of anilines is 3. The minimum atomic E-state index is -3.86. The van der Waals surface area contributed by atoms with Gasteiger partial charge in [0.2, 0.25) is 0 Å². The Morgan fingerprint density at radius 2 is 1.94 bits per heavy atom. The van der Waals surface area contributed by atoms with Crippen LogP contribution in [0.5, 0.6) is 5.75 Å². The molecule has 11 nitrogen and oxygen atoms in total. The highest BCUT2D eigenvalue weighted by Gasteiger charge is 2.36. The normalized spacial score (nSPS) is 13.5. The van der Waals surface area contributed by atoms with E-state index in [9.17, 15) is 18.7 Å². The second-order valence-electron chi connectivity index (χ2n) is 9.51. The molecule has 0 aliphatic heterocycles.